The Morgan fingerprint density at radius 2 is 1.87 bits per heavy atom. The minimum absolute atomic E-state index is 0.349. The molecule has 0 amide bonds. The zero-order chi connectivity index (χ0) is 10.5. The van der Waals surface area contributed by atoms with Crippen LogP contribution >= 0.6 is 0 Å². The van der Waals surface area contributed by atoms with E-state index in [4.69, 9.17) is 0 Å². The van der Waals surface area contributed by atoms with Gasteiger partial charge in [-0.05, 0) is 0 Å². The van der Waals surface area contributed by atoms with Crippen molar-refractivity contribution in [2.75, 3.05) is 0 Å². The van der Waals surface area contributed by atoms with E-state index in [-0.39, 0.29) is 0 Å². The molecule has 0 N–H and O–H groups in total. The van der Waals surface area contributed by atoms with E-state index in [9.17, 15) is 4.79 Å². The minimum atomic E-state index is 0.349. The van der Waals surface area contributed by atoms with E-state index in [1.807, 2.05) is 6.07 Å². The maximum atomic E-state index is 11.8. The van der Waals surface area contributed by atoms with Crippen molar-refractivity contribution in [3.63, 3.8) is 0 Å². The molecule has 15 heavy (non-hydrogen) atoms. The fourth-order valence-corrected chi connectivity index (χ4v) is 4.38. The molecule has 1 unspecified atom stereocenters. The summed E-state index contributed by atoms with van der Waals surface area (Å²) in [6.07, 6.45) is 5.53. The van der Waals surface area contributed by atoms with E-state index < -0.39 is 0 Å². The molecule has 2 heteroatoms. The Bertz CT molecular complexity index is 321. The van der Waals surface area contributed by atoms with Crippen LogP contribution in [-0.4, -0.2) is 20.7 Å². The molecule has 0 saturated heterocycles. The number of carbonyl (C=O) groups is 1. The van der Waals surface area contributed by atoms with Gasteiger partial charge in [-0.15, -0.1) is 0 Å². The Balaban J connectivity index is 2.01. The zero-order valence-electron chi connectivity index (χ0n) is 8.82. The molecule has 1 nitrogen and oxygen atoms in total. The van der Waals surface area contributed by atoms with Gasteiger partial charge in [0.25, 0.3) is 0 Å². The van der Waals surface area contributed by atoms with E-state index in [1.165, 1.54) is 17.3 Å². The van der Waals surface area contributed by atoms with Crippen molar-refractivity contribution in [1.82, 2.24) is 0 Å². The van der Waals surface area contributed by atoms with Crippen molar-refractivity contribution in [3.05, 3.63) is 30.3 Å². The number of ketones is 1. The average molecular weight is 267 g/mol. The fraction of sp³-hybridized carbons (Fsp3) is 0.462. The first-order valence-electron chi connectivity index (χ1n) is 5.61. The molecule has 1 aromatic carbocycles. The van der Waals surface area contributed by atoms with Gasteiger partial charge in [-0.1, -0.05) is 0 Å². The molecule has 1 aromatic rings. The predicted octanol–water partition coefficient (Wildman–Crippen LogP) is 2.34. The van der Waals surface area contributed by atoms with Crippen molar-refractivity contribution in [2.24, 2.45) is 0 Å². The molecular weight excluding hydrogens is 251 g/mol. The third-order valence-corrected chi connectivity index (χ3v) is 5.56. The van der Waals surface area contributed by atoms with Crippen LogP contribution in [0.2, 0.25) is 4.82 Å². The van der Waals surface area contributed by atoms with Gasteiger partial charge in [0.15, 0.2) is 0 Å². The number of benzene rings is 1. The average Bonchev–Trinajstić information content (AvgIpc) is 2.46. The Morgan fingerprint density at radius 1 is 1.07 bits per heavy atom. The van der Waals surface area contributed by atoms with Gasteiger partial charge in [0.2, 0.25) is 0 Å². The van der Waals surface area contributed by atoms with Gasteiger partial charge in [-0.2, -0.15) is 0 Å². The van der Waals surface area contributed by atoms with Crippen LogP contribution < -0.4 is 4.46 Å². The van der Waals surface area contributed by atoms with Gasteiger partial charge in [-0.3, -0.25) is 0 Å². The van der Waals surface area contributed by atoms with Gasteiger partial charge in [0.05, 0.1) is 0 Å². The molecule has 80 valence electrons. The van der Waals surface area contributed by atoms with Crippen LogP contribution in [0.5, 0.6) is 0 Å². The summed E-state index contributed by atoms with van der Waals surface area (Å²) in [4.78, 5) is 12.2. The van der Waals surface area contributed by atoms with E-state index >= 15 is 0 Å². The summed E-state index contributed by atoms with van der Waals surface area (Å²) in [5, 5.41) is 0. The molecule has 1 saturated carbocycles. The van der Waals surface area contributed by atoms with Gasteiger partial charge in [0, 0.05) is 0 Å². The second-order valence-electron chi connectivity index (χ2n) is 3.99. The number of hydrogen-bond acceptors (Lipinski definition) is 1. The van der Waals surface area contributed by atoms with Crippen molar-refractivity contribution >= 4 is 25.2 Å². The molecule has 0 aliphatic heterocycles. The second-order valence-corrected chi connectivity index (χ2v) is 6.66. The van der Waals surface area contributed by atoms with Gasteiger partial charge >= 0.3 is 97.2 Å². The van der Waals surface area contributed by atoms with Crippen LogP contribution in [0, 0.1) is 0 Å². The quantitative estimate of drug-likeness (QED) is 0.594. The van der Waals surface area contributed by atoms with Gasteiger partial charge in [-0.25, -0.2) is 0 Å². The van der Waals surface area contributed by atoms with Crippen LogP contribution in [0.4, 0.5) is 0 Å². The van der Waals surface area contributed by atoms with E-state index in [0.717, 1.165) is 19.3 Å². The van der Waals surface area contributed by atoms with E-state index in [0.29, 0.717) is 25.6 Å². The normalized spacial score (nSPS) is 22.4. The molecule has 0 aromatic heterocycles. The number of hydrogen-bond donors (Lipinski definition) is 0. The van der Waals surface area contributed by atoms with Crippen LogP contribution in [0.1, 0.15) is 32.1 Å². The maximum absolute atomic E-state index is 11.8. The van der Waals surface area contributed by atoms with Crippen molar-refractivity contribution in [1.29, 1.82) is 0 Å². The third-order valence-electron chi connectivity index (χ3n) is 2.77. The predicted molar refractivity (Wildman–Crippen MR) is 63.7 cm³/mol. The van der Waals surface area contributed by atoms with Crippen molar-refractivity contribution in [2.45, 2.75) is 36.9 Å². The number of rotatable bonds is 2. The standard InChI is InChI=1S/C13H16OSe/c14-12-9-5-2-6-10-13(12)15-11-7-3-1-4-8-11/h1,3-4,7-8,13H,2,5-6,9-10H2. The Hall–Kier alpha value is -0.591. The first kappa shape index (κ1) is 10.9. The van der Waals surface area contributed by atoms with Crippen LogP contribution in [0.15, 0.2) is 30.3 Å². The monoisotopic (exact) mass is 268 g/mol. The summed E-state index contributed by atoms with van der Waals surface area (Å²) in [7, 11) is 0. The zero-order valence-corrected chi connectivity index (χ0v) is 10.5. The number of Topliss-reactive ketones (excluding diaryl/α,β-unsaturated/α-hetero) is 1. The first-order chi connectivity index (χ1) is 7.36. The molecular formula is C13H16OSe. The molecule has 1 fully saturated rings. The van der Waals surface area contributed by atoms with E-state index in [1.54, 1.807) is 0 Å². The first-order valence-corrected chi connectivity index (χ1v) is 7.45. The molecule has 2 rings (SSSR count). The second kappa shape index (κ2) is 5.48. The summed E-state index contributed by atoms with van der Waals surface area (Å²) >= 11 is 0.350. The number of carbonyl (C=O) groups excluding carboxylic acids is 1. The summed E-state index contributed by atoms with van der Waals surface area (Å²) in [5.41, 5.74) is 0. The van der Waals surface area contributed by atoms with Crippen LogP contribution in [-0.2, 0) is 4.79 Å². The summed E-state index contributed by atoms with van der Waals surface area (Å²) in [6.45, 7) is 0. The molecule has 0 radical (unpaired) electrons. The molecule has 0 spiro atoms. The Labute approximate surface area is 97.4 Å². The molecule has 1 atom stereocenters. The fourth-order valence-electron chi connectivity index (χ4n) is 1.92. The molecule has 1 aliphatic carbocycles. The van der Waals surface area contributed by atoms with Crippen molar-refractivity contribution < 1.29 is 4.79 Å². The van der Waals surface area contributed by atoms with E-state index in [2.05, 4.69) is 24.3 Å². The SMILES string of the molecule is O=C1CCCCCC1[Se]c1ccccc1. The topological polar surface area (TPSA) is 17.1 Å². The van der Waals surface area contributed by atoms with Crippen LogP contribution in [0.3, 0.4) is 0 Å². The van der Waals surface area contributed by atoms with Gasteiger partial charge < -0.3 is 0 Å². The molecule has 0 heterocycles. The summed E-state index contributed by atoms with van der Waals surface area (Å²) in [5.74, 6) is 0.511. The summed E-state index contributed by atoms with van der Waals surface area (Å²) < 4.78 is 1.37. The van der Waals surface area contributed by atoms with Crippen molar-refractivity contribution in [3.8, 4) is 0 Å². The van der Waals surface area contributed by atoms with Gasteiger partial charge in [0.1, 0.15) is 0 Å². The Morgan fingerprint density at radius 3 is 2.67 bits per heavy atom. The molecule has 0 bridgehead atoms. The van der Waals surface area contributed by atoms with Crippen LogP contribution in [0.25, 0.3) is 0 Å². The summed E-state index contributed by atoms with van der Waals surface area (Å²) in [6, 6.07) is 10.5. The Kier molecular flexibility index (Phi) is 3.99. The molecule has 1 aliphatic rings. The third kappa shape index (κ3) is 3.19.